The number of ether oxygens (including phenoxy) is 1. The van der Waals surface area contributed by atoms with Crippen molar-refractivity contribution in [2.24, 2.45) is 5.92 Å². The predicted molar refractivity (Wildman–Crippen MR) is 105 cm³/mol. The molecule has 1 atom stereocenters. The van der Waals surface area contributed by atoms with Gasteiger partial charge in [0.05, 0.1) is 0 Å². The minimum Gasteiger partial charge on any atom is -0.481 e. The number of nitrogens with zero attached hydrogens (tertiary/aromatic N) is 1. The van der Waals surface area contributed by atoms with E-state index in [0.29, 0.717) is 31.4 Å². The lowest BCUT2D eigenvalue weighted by Gasteiger charge is -2.32. The summed E-state index contributed by atoms with van der Waals surface area (Å²) in [4.78, 5) is 26.0. The highest BCUT2D eigenvalue weighted by molar-refractivity contribution is 5.89. The molecular formula is C21H22F3N3O3. The maximum absolute atomic E-state index is 13.6. The Bertz CT molecular complexity index is 910. The van der Waals surface area contributed by atoms with Gasteiger partial charge in [-0.2, -0.15) is 0 Å². The van der Waals surface area contributed by atoms with E-state index in [2.05, 4.69) is 10.6 Å². The number of benzene rings is 2. The molecule has 1 aliphatic rings. The number of hydrogen-bond donors (Lipinski definition) is 2. The number of carbonyl (C=O) groups excluding carboxylic acids is 2. The average Bonchev–Trinajstić information content (AvgIpc) is 2.72. The molecule has 1 saturated heterocycles. The smallest absolute Gasteiger partial charge is 0.319 e. The van der Waals surface area contributed by atoms with Crippen LogP contribution in [0, 0.1) is 23.4 Å². The molecule has 160 valence electrons. The SMILES string of the molecule is O=C(NCC1CCCN(C(=O)COc2ccc(F)cc2F)C1)Nc1cccc(F)c1. The molecule has 2 aromatic carbocycles. The Hall–Kier alpha value is -3.23. The summed E-state index contributed by atoms with van der Waals surface area (Å²) in [5.41, 5.74) is 0.345. The molecule has 6 nitrogen and oxygen atoms in total. The third kappa shape index (κ3) is 6.13. The summed E-state index contributed by atoms with van der Waals surface area (Å²) in [5.74, 6) is -2.49. The van der Waals surface area contributed by atoms with Gasteiger partial charge in [0.2, 0.25) is 0 Å². The molecule has 1 unspecified atom stereocenters. The lowest BCUT2D eigenvalue weighted by molar-refractivity contribution is -0.135. The van der Waals surface area contributed by atoms with Crippen LogP contribution in [0.15, 0.2) is 42.5 Å². The third-order valence-electron chi connectivity index (χ3n) is 4.75. The van der Waals surface area contributed by atoms with Crippen molar-refractivity contribution in [1.29, 1.82) is 0 Å². The monoisotopic (exact) mass is 421 g/mol. The van der Waals surface area contributed by atoms with Gasteiger partial charge in [0.15, 0.2) is 18.2 Å². The normalized spacial score (nSPS) is 16.1. The van der Waals surface area contributed by atoms with Crippen LogP contribution in [-0.2, 0) is 4.79 Å². The fourth-order valence-electron chi connectivity index (χ4n) is 3.26. The van der Waals surface area contributed by atoms with Crippen molar-refractivity contribution in [1.82, 2.24) is 10.2 Å². The number of likely N-dealkylation sites (tertiary alicyclic amines) is 1. The Balaban J connectivity index is 1.44. The maximum Gasteiger partial charge on any atom is 0.319 e. The number of hydrogen-bond acceptors (Lipinski definition) is 3. The van der Waals surface area contributed by atoms with E-state index in [9.17, 15) is 22.8 Å². The summed E-state index contributed by atoms with van der Waals surface area (Å²) in [6, 6.07) is 7.99. The average molecular weight is 421 g/mol. The topological polar surface area (TPSA) is 70.7 Å². The van der Waals surface area contributed by atoms with Crippen molar-refractivity contribution in [2.45, 2.75) is 12.8 Å². The lowest BCUT2D eigenvalue weighted by Crippen LogP contribution is -2.45. The zero-order valence-electron chi connectivity index (χ0n) is 16.2. The van der Waals surface area contributed by atoms with Crippen molar-refractivity contribution in [3.63, 3.8) is 0 Å². The van der Waals surface area contributed by atoms with E-state index in [1.54, 1.807) is 11.0 Å². The summed E-state index contributed by atoms with van der Waals surface area (Å²) >= 11 is 0. The van der Waals surface area contributed by atoms with Crippen LogP contribution in [-0.4, -0.2) is 43.1 Å². The molecule has 1 fully saturated rings. The first kappa shape index (κ1) is 21.5. The van der Waals surface area contributed by atoms with Gasteiger partial charge < -0.3 is 20.3 Å². The van der Waals surface area contributed by atoms with Crippen LogP contribution in [0.4, 0.5) is 23.7 Å². The van der Waals surface area contributed by atoms with Crippen LogP contribution in [0.5, 0.6) is 5.75 Å². The van der Waals surface area contributed by atoms with Gasteiger partial charge in [0, 0.05) is 31.4 Å². The van der Waals surface area contributed by atoms with Gasteiger partial charge in [-0.3, -0.25) is 4.79 Å². The molecule has 30 heavy (non-hydrogen) atoms. The summed E-state index contributed by atoms with van der Waals surface area (Å²) in [7, 11) is 0. The first-order valence-corrected chi connectivity index (χ1v) is 9.57. The molecule has 0 saturated carbocycles. The highest BCUT2D eigenvalue weighted by Crippen LogP contribution is 2.19. The minimum absolute atomic E-state index is 0.0449. The molecule has 2 aromatic rings. The quantitative estimate of drug-likeness (QED) is 0.750. The molecule has 0 aromatic heterocycles. The Morgan fingerprint density at radius 1 is 1.10 bits per heavy atom. The molecular weight excluding hydrogens is 399 g/mol. The Kier molecular flexibility index (Phi) is 7.16. The molecule has 1 heterocycles. The maximum atomic E-state index is 13.6. The lowest BCUT2D eigenvalue weighted by atomic mass is 9.98. The van der Waals surface area contributed by atoms with Gasteiger partial charge in [-0.1, -0.05) is 6.07 Å². The van der Waals surface area contributed by atoms with E-state index >= 15 is 0 Å². The van der Waals surface area contributed by atoms with Crippen molar-refractivity contribution in [3.8, 4) is 5.75 Å². The van der Waals surface area contributed by atoms with Gasteiger partial charge in [-0.25, -0.2) is 18.0 Å². The van der Waals surface area contributed by atoms with Gasteiger partial charge in [-0.15, -0.1) is 0 Å². The first-order valence-electron chi connectivity index (χ1n) is 9.57. The van der Waals surface area contributed by atoms with Gasteiger partial charge >= 0.3 is 6.03 Å². The number of amides is 3. The Labute approximate surface area is 172 Å². The van der Waals surface area contributed by atoms with Crippen LogP contribution in [0.3, 0.4) is 0 Å². The summed E-state index contributed by atoms with van der Waals surface area (Å²) in [6.07, 6.45) is 1.59. The van der Waals surface area contributed by atoms with Crippen molar-refractivity contribution in [3.05, 3.63) is 59.9 Å². The number of anilines is 1. The zero-order valence-corrected chi connectivity index (χ0v) is 16.2. The second-order valence-corrected chi connectivity index (χ2v) is 7.06. The molecule has 2 N–H and O–H groups in total. The number of halogens is 3. The number of rotatable bonds is 6. The third-order valence-corrected chi connectivity index (χ3v) is 4.75. The minimum atomic E-state index is -0.868. The first-order chi connectivity index (χ1) is 14.4. The van der Waals surface area contributed by atoms with E-state index in [-0.39, 0.29) is 24.2 Å². The molecule has 0 aliphatic carbocycles. The summed E-state index contributed by atoms with van der Waals surface area (Å²) in [5, 5.41) is 5.27. The summed E-state index contributed by atoms with van der Waals surface area (Å²) < 4.78 is 44.9. The molecule has 1 aliphatic heterocycles. The molecule has 9 heteroatoms. The number of urea groups is 1. The van der Waals surface area contributed by atoms with E-state index < -0.39 is 23.5 Å². The van der Waals surface area contributed by atoms with Crippen LogP contribution in [0.1, 0.15) is 12.8 Å². The molecule has 0 spiro atoms. The molecule has 3 amide bonds. The predicted octanol–water partition coefficient (Wildman–Crippen LogP) is 3.54. The Morgan fingerprint density at radius 3 is 2.67 bits per heavy atom. The number of piperidine rings is 1. The van der Waals surface area contributed by atoms with Gasteiger partial charge in [-0.05, 0) is 49.1 Å². The number of nitrogens with one attached hydrogen (secondary N) is 2. The second-order valence-electron chi connectivity index (χ2n) is 7.06. The highest BCUT2D eigenvalue weighted by atomic mass is 19.1. The highest BCUT2D eigenvalue weighted by Gasteiger charge is 2.24. The van der Waals surface area contributed by atoms with E-state index in [0.717, 1.165) is 25.0 Å². The second kappa shape index (κ2) is 10.00. The van der Waals surface area contributed by atoms with Gasteiger partial charge in [0.25, 0.3) is 5.91 Å². The van der Waals surface area contributed by atoms with Crippen molar-refractivity contribution >= 4 is 17.6 Å². The van der Waals surface area contributed by atoms with E-state index in [1.807, 2.05) is 0 Å². The molecule has 3 rings (SSSR count). The molecule has 0 radical (unpaired) electrons. The largest absolute Gasteiger partial charge is 0.481 e. The Morgan fingerprint density at radius 2 is 1.90 bits per heavy atom. The van der Waals surface area contributed by atoms with Gasteiger partial charge in [0.1, 0.15) is 11.6 Å². The summed E-state index contributed by atoms with van der Waals surface area (Å²) in [6.45, 7) is 0.954. The standard InChI is InChI=1S/C21H22F3N3O3/c22-15-4-1-5-17(9-15)26-21(29)25-11-14-3-2-8-27(12-14)20(28)13-30-19-7-6-16(23)10-18(19)24/h1,4-7,9-10,14H,2-3,8,11-13H2,(H2,25,26,29). The van der Waals surface area contributed by atoms with Crippen molar-refractivity contribution < 1.29 is 27.5 Å². The fourth-order valence-corrected chi connectivity index (χ4v) is 3.26. The number of carbonyl (C=O) groups is 2. The van der Waals surface area contributed by atoms with Crippen molar-refractivity contribution in [2.75, 3.05) is 31.6 Å². The van der Waals surface area contributed by atoms with Crippen LogP contribution >= 0.6 is 0 Å². The molecule has 0 bridgehead atoms. The van der Waals surface area contributed by atoms with Crippen LogP contribution < -0.4 is 15.4 Å². The van der Waals surface area contributed by atoms with Crippen LogP contribution in [0.2, 0.25) is 0 Å². The zero-order chi connectivity index (χ0) is 21.5. The van der Waals surface area contributed by atoms with E-state index in [1.165, 1.54) is 18.2 Å². The fraction of sp³-hybridized carbons (Fsp3) is 0.333. The van der Waals surface area contributed by atoms with E-state index in [4.69, 9.17) is 4.74 Å². The van der Waals surface area contributed by atoms with Crippen LogP contribution in [0.25, 0.3) is 0 Å².